The fourth-order valence-electron chi connectivity index (χ4n) is 3.75. The summed E-state index contributed by atoms with van der Waals surface area (Å²) in [5, 5.41) is 12.0. The first-order valence-corrected chi connectivity index (χ1v) is 9.89. The van der Waals surface area contributed by atoms with Gasteiger partial charge in [-0.1, -0.05) is 35.9 Å². The van der Waals surface area contributed by atoms with Crippen LogP contribution in [0.5, 0.6) is 0 Å². The molecule has 6 nitrogen and oxygen atoms in total. The zero-order chi connectivity index (χ0) is 21.5. The third-order valence-electron chi connectivity index (χ3n) is 5.17. The van der Waals surface area contributed by atoms with Crippen molar-refractivity contribution in [3.05, 3.63) is 107 Å². The maximum atomic E-state index is 13.4. The molecule has 7 heteroatoms. The Morgan fingerprint density at radius 1 is 1.03 bits per heavy atom. The molecular weight excluding hydrogens is 416 g/mol. The van der Waals surface area contributed by atoms with Crippen molar-refractivity contribution >= 4 is 39.9 Å². The van der Waals surface area contributed by atoms with Crippen molar-refractivity contribution < 1.29 is 19.1 Å². The Labute approximate surface area is 182 Å². The molecule has 1 N–H and O–H groups in total. The molecular formula is C24H15ClN2O4. The van der Waals surface area contributed by atoms with Gasteiger partial charge < -0.3 is 9.52 Å². The number of anilines is 1. The second-order valence-corrected chi connectivity index (χ2v) is 7.49. The predicted molar refractivity (Wildman–Crippen MR) is 116 cm³/mol. The number of pyridine rings is 1. The number of aliphatic hydroxyl groups excluding tert-OH is 1. The molecule has 2 aromatic carbocycles. The fourth-order valence-corrected chi connectivity index (χ4v) is 3.88. The number of amides is 1. The van der Waals surface area contributed by atoms with Crippen LogP contribution in [0.2, 0.25) is 5.02 Å². The summed E-state index contributed by atoms with van der Waals surface area (Å²) in [4.78, 5) is 32.2. The number of furan rings is 1. The summed E-state index contributed by atoms with van der Waals surface area (Å²) >= 11 is 5.99. The highest BCUT2D eigenvalue weighted by atomic mass is 35.5. The van der Waals surface area contributed by atoms with Gasteiger partial charge in [0, 0.05) is 22.3 Å². The third-order valence-corrected chi connectivity index (χ3v) is 5.43. The summed E-state index contributed by atoms with van der Waals surface area (Å²) in [6.45, 7) is 0. The average Bonchev–Trinajstić information content (AvgIpc) is 3.34. The Morgan fingerprint density at radius 2 is 1.77 bits per heavy atom. The second kappa shape index (κ2) is 7.41. The van der Waals surface area contributed by atoms with Crippen LogP contribution in [0.1, 0.15) is 22.3 Å². The van der Waals surface area contributed by atoms with Crippen LogP contribution >= 0.6 is 11.6 Å². The number of nitrogens with zero attached hydrogens (tertiary/aromatic N) is 2. The maximum absolute atomic E-state index is 13.4. The lowest BCUT2D eigenvalue weighted by Crippen LogP contribution is -2.31. The van der Waals surface area contributed by atoms with Crippen molar-refractivity contribution in [3.63, 3.8) is 0 Å². The molecule has 1 atom stereocenters. The van der Waals surface area contributed by atoms with E-state index in [0.717, 1.165) is 5.39 Å². The lowest BCUT2D eigenvalue weighted by molar-refractivity contribution is -0.117. The lowest BCUT2D eigenvalue weighted by atomic mass is 9.98. The first kappa shape index (κ1) is 19.1. The molecule has 0 aliphatic carbocycles. The molecule has 2 aromatic heterocycles. The molecule has 152 valence electrons. The molecule has 0 bridgehead atoms. The van der Waals surface area contributed by atoms with Gasteiger partial charge in [-0.3, -0.25) is 19.5 Å². The van der Waals surface area contributed by atoms with Gasteiger partial charge in [-0.05, 0) is 48.5 Å². The number of Topliss-reactive ketones (excluding diaryl/α,β-unsaturated/α-hetero) is 1. The molecule has 4 aromatic rings. The number of hydrogen-bond donors (Lipinski definition) is 1. The van der Waals surface area contributed by atoms with Crippen LogP contribution in [0.3, 0.4) is 0 Å². The van der Waals surface area contributed by atoms with Crippen LogP contribution in [0.25, 0.3) is 11.0 Å². The third kappa shape index (κ3) is 3.17. The Kier molecular flexibility index (Phi) is 4.56. The maximum Gasteiger partial charge on any atom is 0.294 e. The number of carbonyl (C=O) groups is 2. The summed E-state index contributed by atoms with van der Waals surface area (Å²) in [6.07, 6.45) is 1.57. The highest BCUT2D eigenvalue weighted by Crippen LogP contribution is 2.41. The Balaban J connectivity index is 1.65. The predicted octanol–water partition coefficient (Wildman–Crippen LogP) is 5.26. The van der Waals surface area contributed by atoms with Crippen LogP contribution in [0.15, 0.2) is 94.7 Å². The Bertz CT molecular complexity index is 1310. The minimum atomic E-state index is -0.921. The van der Waals surface area contributed by atoms with E-state index in [1.165, 1.54) is 4.90 Å². The number of para-hydroxylation sites is 1. The quantitative estimate of drug-likeness (QED) is 0.446. The molecule has 0 saturated carbocycles. The van der Waals surface area contributed by atoms with Gasteiger partial charge in [-0.2, -0.15) is 0 Å². The lowest BCUT2D eigenvalue weighted by Gasteiger charge is -2.26. The summed E-state index contributed by atoms with van der Waals surface area (Å²) in [6, 6.07) is 19.6. The summed E-state index contributed by atoms with van der Waals surface area (Å²) < 4.78 is 5.70. The van der Waals surface area contributed by atoms with Gasteiger partial charge in [0.25, 0.3) is 5.91 Å². The standard InChI is InChI=1S/C24H15ClN2O4/c25-15-8-10-16(11-9-15)27-21(17-6-3-4-12-26-17)20(23(29)24(27)30)22(28)19-13-14-5-1-2-7-18(14)31-19/h1-13,21,29H. The molecule has 3 heterocycles. The van der Waals surface area contributed by atoms with E-state index in [2.05, 4.69) is 4.98 Å². The van der Waals surface area contributed by atoms with Crippen LogP contribution < -0.4 is 4.90 Å². The highest BCUT2D eigenvalue weighted by molar-refractivity contribution is 6.30. The first-order valence-electron chi connectivity index (χ1n) is 9.51. The van der Waals surface area contributed by atoms with Gasteiger partial charge in [0.1, 0.15) is 11.6 Å². The molecule has 0 saturated heterocycles. The zero-order valence-corrected chi connectivity index (χ0v) is 16.8. The average molecular weight is 431 g/mol. The van der Waals surface area contributed by atoms with Crippen LogP contribution in [0.4, 0.5) is 5.69 Å². The van der Waals surface area contributed by atoms with Gasteiger partial charge in [0.05, 0.1) is 11.3 Å². The normalized spacial score (nSPS) is 16.4. The van der Waals surface area contributed by atoms with Gasteiger partial charge in [-0.15, -0.1) is 0 Å². The van der Waals surface area contributed by atoms with Gasteiger partial charge in [0.15, 0.2) is 11.5 Å². The fraction of sp³-hybridized carbons (Fsp3) is 0.0417. The molecule has 5 rings (SSSR count). The van der Waals surface area contributed by atoms with Crippen molar-refractivity contribution in [2.24, 2.45) is 0 Å². The number of fused-ring (bicyclic) bond motifs is 1. The summed E-state index contributed by atoms with van der Waals surface area (Å²) in [5.41, 5.74) is 1.37. The van der Waals surface area contributed by atoms with Gasteiger partial charge in [-0.25, -0.2) is 0 Å². The summed E-state index contributed by atoms with van der Waals surface area (Å²) in [5.74, 6) is -1.86. The second-order valence-electron chi connectivity index (χ2n) is 7.05. The number of ketones is 1. The molecule has 1 amide bonds. The monoisotopic (exact) mass is 430 g/mol. The molecule has 0 fully saturated rings. The van der Waals surface area contributed by atoms with Crippen molar-refractivity contribution in [2.45, 2.75) is 6.04 Å². The van der Waals surface area contributed by atoms with Crippen molar-refractivity contribution in [1.82, 2.24) is 4.98 Å². The summed E-state index contributed by atoms with van der Waals surface area (Å²) in [7, 11) is 0. The van der Waals surface area contributed by atoms with Crippen LogP contribution in [-0.4, -0.2) is 21.8 Å². The van der Waals surface area contributed by atoms with E-state index in [1.807, 2.05) is 12.1 Å². The Morgan fingerprint density at radius 3 is 2.48 bits per heavy atom. The number of aromatic nitrogens is 1. The number of hydrogen-bond acceptors (Lipinski definition) is 5. The number of carbonyl (C=O) groups excluding carboxylic acids is 2. The molecule has 31 heavy (non-hydrogen) atoms. The van der Waals surface area contributed by atoms with Crippen LogP contribution in [-0.2, 0) is 4.79 Å². The van der Waals surface area contributed by atoms with Gasteiger partial charge >= 0.3 is 0 Å². The topological polar surface area (TPSA) is 83.6 Å². The van der Waals surface area contributed by atoms with Crippen LogP contribution in [0, 0.1) is 0 Å². The number of rotatable bonds is 4. The molecule has 1 unspecified atom stereocenters. The number of benzene rings is 2. The minimum absolute atomic E-state index is 0.0365. The van der Waals surface area contributed by atoms with Crippen molar-refractivity contribution in [3.8, 4) is 0 Å². The van der Waals surface area contributed by atoms with Crippen molar-refractivity contribution in [1.29, 1.82) is 0 Å². The smallest absolute Gasteiger partial charge is 0.294 e. The van der Waals surface area contributed by atoms with E-state index >= 15 is 0 Å². The van der Waals surface area contributed by atoms with E-state index in [1.54, 1.807) is 66.9 Å². The van der Waals surface area contributed by atoms with E-state index in [9.17, 15) is 14.7 Å². The molecule has 0 radical (unpaired) electrons. The highest BCUT2D eigenvalue weighted by Gasteiger charge is 2.46. The van der Waals surface area contributed by atoms with Gasteiger partial charge in [0.2, 0.25) is 5.78 Å². The Hall–Kier alpha value is -3.90. The molecule has 1 aliphatic heterocycles. The minimum Gasteiger partial charge on any atom is -0.503 e. The first-order chi connectivity index (χ1) is 15.0. The largest absolute Gasteiger partial charge is 0.503 e. The zero-order valence-electron chi connectivity index (χ0n) is 16.0. The number of aliphatic hydroxyl groups is 1. The van der Waals surface area contributed by atoms with E-state index in [-0.39, 0.29) is 11.3 Å². The van der Waals surface area contributed by atoms with Crippen molar-refractivity contribution in [2.75, 3.05) is 4.90 Å². The van der Waals surface area contributed by atoms with E-state index in [0.29, 0.717) is 22.0 Å². The molecule has 1 aliphatic rings. The number of halogens is 1. The van der Waals surface area contributed by atoms with E-state index in [4.69, 9.17) is 16.0 Å². The SMILES string of the molecule is O=C(C1=C(O)C(=O)N(c2ccc(Cl)cc2)C1c1ccccn1)c1cc2ccccc2o1. The van der Waals surface area contributed by atoms with E-state index < -0.39 is 23.5 Å². The molecule has 0 spiro atoms.